The van der Waals surface area contributed by atoms with Gasteiger partial charge in [0.25, 0.3) is 0 Å². The molecule has 0 amide bonds. The molecule has 3 nitrogen and oxygen atoms in total. The number of rotatable bonds is 5. The highest BCUT2D eigenvalue weighted by atomic mass is 15.0. The van der Waals surface area contributed by atoms with Crippen LogP contribution in [0.4, 0.5) is 11.5 Å². The van der Waals surface area contributed by atoms with Gasteiger partial charge >= 0.3 is 0 Å². The summed E-state index contributed by atoms with van der Waals surface area (Å²) in [6.07, 6.45) is 4.19. The predicted molar refractivity (Wildman–Crippen MR) is 57.2 cm³/mol. The molecular weight excluding hydrogens is 162 g/mol. The van der Waals surface area contributed by atoms with E-state index in [0.29, 0.717) is 0 Å². The summed E-state index contributed by atoms with van der Waals surface area (Å²) in [6, 6.07) is 3.98. The van der Waals surface area contributed by atoms with Crippen LogP contribution in [0.25, 0.3) is 0 Å². The number of hydrogen-bond donors (Lipinski definition) is 2. The van der Waals surface area contributed by atoms with Crippen molar-refractivity contribution in [3.8, 4) is 0 Å². The molecular formula is C10H17N3. The van der Waals surface area contributed by atoms with Crippen molar-refractivity contribution in [3.63, 3.8) is 0 Å². The maximum Gasteiger partial charge on any atom is 0.149 e. The highest BCUT2D eigenvalue weighted by molar-refractivity contribution is 5.63. The van der Waals surface area contributed by atoms with Gasteiger partial charge in [0.15, 0.2) is 0 Å². The molecule has 1 aromatic rings. The lowest BCUT2D eigenvalue weighted by Gasteiger charge is -2.09. The molecule has 0 saturated heterocycles. The van der Waals surface area contributed by atoms with E-state index >= 15 is 0 Å². The van der Waals surface area contributed by atoms with E-state index in [2.05, 4.69) is 22.5 Å². The Morgan fingerprint density at radius 1 is 1.46 bits per heavy atom. The van der Waals surface area contributed by atoms with E-state index in [4.69, 9.17) is 0 Å². The standard InChI is InChI=1S/C10H17N3/c1-3-4-7-12-9-6-5-8-13-10(9)11-2/h5-6,8,12H,3-4,7H2,1-2H3,(H,11,13). The fraction of sp³-hybridized carbons (Fsp3) is 0.500. The van der Waals surface area contributed by atoms with E-state index in [1.54, 1.807) is 6.20 Å². The zero-order valence-corrected chi connectivity index (χ0v) is 8.30. The normalized spacial score (nSPS) is 9.69. The molecule has 13 heavy (non-hydrogen) atoms. The summed E-state index contributed by atoms with van der Waals surface area (Å²) in [7, 11) is 1.88. The summed E-state index contributed by atoms with van der Waals surface area (Å²) < 4.78 is 0. The molecule has 0 aliphatic rings. The zero-order chi connectivity index (χ0) is 9.52. The average Bonchev–Trinajstić information content (AvgIpc) is 2.19. The lowest BCUT2D eigenvalue weighted by Crippen LogP contribution is -2.04. The third kappa shape index (κ3) is 2.93. The van der Waals surface area contributed by atoms with Gasteiger partial charge in [-0.15, -0.1) is 0 Å². The Morgan fingerprint density at radius 3 is 3.00 bits per heavy atom. The monoisotopic (exact) mass is 179 g/mol. The Hall–Kier alpha value is -1.25. The maximum atomic E-state index is 4.20. The van der Waals surface area contributed by atoms with Crippen molar-refractivity contribution in [2.45, 2.75) is 19.8 Å². The summed E-state index contributed by atoms with van der Waals surface area (Å²) >= 11 is 0. The number of hydrogen-bond acceptors (Lipinski definition) is 3. The highest BCUT2D eigenvalue weighted by Crippen LogP contribution is 2.16. The fourth-order valence-corrected chi connectivity index (χ4v) is 1.15. The average molecular weight is 179 g/mol. The van der Waals surface area contributed by atoms with Crippen LogP contribution < -0.4 is 10.6 Å². The molecule has 0 fully saturated rings. The largest absolute Gasteiger partial charge is 0.382 e. The molecule has 0 bridgehead atoms. The van der Waals surface area contributed by atoms with Crippen LogP contribution in [-0.2, 0) is 0 Å². The fourth-order valence-electron chi connectivity index (χ4n) is 1.15. The Morgan fingerprint density at radius 2 is 2.31 bits per heavy atom. The van der Waals surface area contributed by atoms with Gasteiger partial charge in [-0.25, -0.2) is 4.98 Å². The van der Waals surface area contributed by atoms with Gasteiger partial charge in [0, 0.05) is 19.8 Å². The Kier molecular flexibility index (Phi) is 4.09. The van der Waals surface area contributed by atoms with Crippen LogP contribution in [0.3, 0.4) is 0 Å². The molecule has 0 unspecified atom stereocenters. The van der Waals surface area contributed by atoms with Crippen LogP contribution in [0.15, 0.2) is 18.3 Å². The summed E-state index contributed by atoms with van der Waals surface area (Å²) in [5.74, 6) is 0.915. The molecule has 72 valence electrons. The molecule has 0 aromatic carbocycles. The molecule has 3 heteroatoms. The van der Waals surface area contributed by atoms with Crippen LogP contribution in [0.2, 0.25) is 0 Å². The summed E-state index contributed by atoms with van der Waals surface area (Å²) in [5, 5.41) is 6.39. The topological polar surface area (TPSA) is 37.0 Å². The van der Waals surface area contributed by atoms with Crippen LogP contribution in [0.5, 0.6) is 0 Å². The second kappa shape index (κ2) is 5.41. The Labute approximate surface area is 79.6 Å². The van der Waals surface area contributed by atoms with Gasteiger partial charge in [0.05, 0.1) is 5.69 Å². The summed E-state index contributed by atoms with van der Waals surface area (Å²) in [6.45, 7) is 3.20. The van der Waals surface area contributed by atoms with Crippen molar-refractivity contribution in [1.82, 2.24) is 4.98 Å². The third-order valence-electron chi connectivity index (χ3n) is 1.89. The van der Waals surface area contributed by atoms with Crippen LogP contribution in [0, 0.1) is 0 Å². The number of nitrogens with zero attached hydrogens (tertiary/aromatic N) is 1. The Bertz CT molecular complexity index is 248. The number of anilines is 2. The van der Waals surface area contributed by atoms with E-state index in [-0.39, 0.29) is 0 Å². The van der Waals surface area contributed by atoms with E-state index in [1.165, 1.54) is 12.8 Å². The molecule has 0 atom stereocenters. The number of unbranched alkanes of at least 4 members (excludes halogenated alkanes) is 1. The van der Waals surface area contributed by atoms with Crippen LogP contribution >= 0.6 is 0 Å². The lowest BCUT2D eigenvalue weighted by atomic mass is 10.3. The number of nitrogens with one attached hydrogen (secondary N) is 2. The SMILES string of the molecule is CCCCNc1cccnc1NC. The molecule has 0 spiro atoms. The molecule has 2 N–H and O–H groups in total. The van der Waals surface area contributed by atoms with Crippen molar-refractivity contribution in [3.05, 3.63) is 18.3 Å². The lowest BCUT2D eigenvalue weighted by molar-refractivity contribution is 0.834. The van der Waals surface area contributed by atoms with Crippen molar-refractivity contribution >= 4 is 11.5 Å². The quantitative estimate of drug-likeness (QED) is 0.681. The number of pyridine rings is 1. The van der Waals surface area contributed by atoms with Gasteiger partial charge in [-0.1, -0.05) is 13.3 Å². The molecule has 0 saturated carbocycles. The highest BCUT2D eigenvalue weighted by Gasteiger charge is 1.98. The molecule has 1 rings (SSSR count). The zero-order valence-electron chi connectivity index (χ0n) is 8.30. The van der Waals surface area contributed by atoms with E-state index in [1.807, 2.05) is 19.2 Å². The second-order valence-electron chi connectivity index (χ2n) is 2.93. The first-order valence-electron chi connectivity index (χ1n) is 4.75. The maximum absolute atomic E-state index is 4.20. The van der Waals surface area contributed by atoms with E-state index < -0.39 is 0 Å². The predicted octanol–water partition coefficient (Wildman–Crippen LogP) is 2.34. The van der Waals surface area contributed by atoms with Gasteiger partial charge in [0.2, 0.25) is 0 Å². The molecule has 0 aliphatic carbocycles. The first kappa shape index (κ1) is 9.84. The van der Waals surface area contributed by atoms with Crippen molar-refractivity contribution < 1.29 is 0 Å². The van der Waals surface area contributed by atoms with Gasteiger partial charge in [-0.3, -0.25) is 0 Å². The molecule has 0 radical (unpaired) electrons. The molecule has 0 aliphatic heterocycles. The number of aromatic nitrogens is 1. The van der Waals surface area contributed by atoms with Crippen LogP contribution in [0.1, 0.15) is 19.8 Å². The minimum Gasteiger partial charge on any atom is -0.382 e. The van der Waals surface area contributed by atoms with Crippen molar-refractivity contribution in [2.24, 2.45) is 0 Å². The Balaban J connectivity index is 2.54. The van der Waals surface area contributed by atoms with Crippen molar-refractivity contribution in [2.75, 3.05) is 24.2 Å². The van der Waals surface area contributed by atoms with Gasteiger partial charge < -0.3 is 10.6 Å². The molecule has 1 heterocycles. The van der Waals surface area contributed by atoms with Gasteiger partial charge in [-0.2, -0.15) is 0 Å². The minimum atomic E-state index is 0.915. The van der Waals surface area contributed by atoms with Crippen LogP contribution in [-0.4, -0.2) is 18.6 Å². The van der Waals surface area contributed by atoms with E-state index in [0.717, 1.165) is 18.1 Å². The van der Waals surface area contributed by atoms with Crippen molar-refractivity contribution in [1.29, 1.82) is 0 Å². The minimum absolute atomic E-state index is 0.915. The second-order valence-corrected chi connectivity index (χ2v) is 2.93. The third-order valence-corrected chi connectivity index (χ3v) is 1.89. The van der Waals surface area contributed by atoms with Gasteiger partial charge in [-0.05, 0) is 18.6 Å². The smallest absolute Gasteiger partial charge is 0.149 e. The first-order chi connectivity index (χ1) is 6.38. The van der Waals surface area contributed by atoms with Gasteiger partial charge in [0.1, 0.15) is 5.82 Å². The summed E-state index contributed by atoms with van der Waals surface area (Å²) in [5.41, 5.74) is 1.08. The summed E-state index contributed by atoms with van der Waals surface area (Å²) in [4.78, 5) is 4.20. The van der Waals surface area contributed by atoms with E-state index in [9.17, 15) is 0 Å². The molecule has 1 aromatic heterocycles. The first-order valence-corrected chi connectivity index (χ1v) is 4.75.